The minimum Gasteiger partial charge on any atom is -0.510 e. The summed E-state index contributed by atoms with van der Waals surface area (Å²) in [4.78, 5) is 1.44. The number of fused-ring (bicyclic) bond motifs is 1. The minimum atomic E-state index is 0.193. The molecular weight excluding hydrogens is 202 g/mol. The summed E-state index contributed by atoms with van der Waals surface area (Å²) in [5.41, 5.74) is 2.20. The largest absolute Gasteiger partial charge is 0.510 e. The Bertz CT molecular complexity index is 529. The average molecular weight is 215 g/mol. The summed E-state index contributed by atoms with van der Waals surface area (Å²) in [5, 5.41) is 18.1. The molecule has 1 heterocycles. The molecule has 4 heteroatoms. The van der Waals surface area contributed by atoms with Gasteiger partial charge in [-0.25, -0.2) is 0 Å². The van der Waals surface area contributed by atoms with Crippen molar-refractivity contribution in [3.63, 3.8) is 0 Å². The number of rotatable bonds is 2. The van der Waals surface area contributed by atoms with Gasteiger partial charge in [-0.05, 0) is 32.1 Å². The van der Waals surface area contributed by atoms with Gasteiger partial charge in [0.2, 0.25) is 0 Å². The van der Waals surface area contributed by atoms with E-state index < -0.39 is 0 Å². The van der Waals surface area contributed by atoms with Crippen molar-refractivity contribution in [2.45, 2.75) is 13.8 Å². The van der Waals surface area contributed by atoms with Crippen LogP contribution in [0.5, 0.6) is 0 Å². The maximum Gasteiger partial charge on any atom is 0.122 e. The third-order valence-corrected chi connectivity index (χ3v) is 2.20. The van der Waals surface area contributed by atoms with Crippen molar-refractivity contribution in [1.82, 2.24) is 15.0 Å². The van der Waals surface area contributed by atoms with Gasteiger partial charge in [0.15, 0.2) is 0 Å². The van der Waals surface area contributed by atoms with Crippen molar-refractivity contribution in [2.75, 3.05) is 0 Å². The zero-order valence-electron chi connectivity index (χ0n) is 9.25. The maximum absolute atomic E-state index is 9.55. The third kappa shape index (κ3) is 1.82. The molecule has 0 saturated heterocycles. The van der Waals surface area contributed by atoms with Crippen molar-refractivity contribution >= 4 is 16.7 Å². The lowest BCUT2D eigenvalue weighted by Gasteiger charge is -2.00. The van der Waals surface area contributed by atoms with Crippen LogP contribution >= 0.6 is 0 Å². The van der Waals surface area contributed by atoms with Gasteiger partial charge in [-0.2, -0.15) is 0 Å². The monoisotopic (exact) mass is 215 g/mol. The Kier molecular flexibility index (Phi) is 2.72. The molecule has 0 aliphatic rings. The number of aliphatic hydroxyl groups is 1. The summed E-state index contributed by atoms with van der Waals surface area (Å²) in [6.07, 6.45) is 3.61. The van der Waals surface area contributed by atoms with Gasteiger partial charge in [-0.3, -0.25) is 0 Å². The maximum atomic E-state index is 9.55. The number of hydrogen-bond donors (Lipinski definition) is 1. The molecule has 0 spiro atoms. The van der Waals surface area contributed by atoms with Crippen molar-refractivity contribution in [3.05, 3.63) is 42.2 Å². The van der Waals surface area contributed by atoms with E-state index in [-0.39, 0.29) is 5.76 Å². The van der Waals surface area contributed by atoms with Crippen molar-refractivity contribution in [3.8, 4) is 0 Å². The number of hydrogen-bond acceptors (Lipinski definition) is 3. The zero-order chi connectivity index (χ0) is 11.5. The highest BCUT2D eigenvalue weighted by atomic mass is 16.3. The fraction of sp³-hybridized carbons (Fsp3) is 0.167. The molecule has 0 aliphatic heterocycles. The highest BCUT2D eigenvalue weighted by molar-refractivity contribution is 5.74. The van der Waals surface area contributed by atoms with E-state index in [2.05, 4.69) is 10.2 Å². The lowest BCUT2D eigenvalue weighted by molar-refractivity contribution is 0.412. The second kappa shape index (κ2) is 4.18. The third-order valence-electron chi connectivity index (χ3n) is 2.20. The summed E-state index contributed by atoms with van der Waals surface area (Å²) < 4.78 is 0. The van der Waals surface area contributed by atoms with E-state index in [9.17, 15) is 5.11 Å². The normalized spacial score (nSPS) is 13.4. The molecule has 0 atom stereocenters. The highest BCUT2D eigenvalue weighted by Crippen LogP contribution is 2.13. The lowest BCUT2D eigenvalue weighted by Crippen LogP contribution is -2.01. The molecule has 1 aromatic carbocycles. The van der Waals surface area contributed by atoms with E-state index in [0.29, 0.717) is 5.70 Å². The van der Waals surface area contributed by atoms with Gasteiger partial charge in [0, 0.05) is 0 Å². The Morgan fingerprint density at radius 1 is 1.25 bits per heavy atom. The van der Waals surface area contributed by atoms with E-state index in [1.54, 1.807) is 13.0 Å². The lowest BCUT2D eigenvalue weighted by atomic mass is 10.3. The van der Waals surface area contributed by atoms with Crippen LogP contribution in [-0.4, -0.2) is 20.1 Å². The number of benzene rings is 1. The highest BCUT2D eigenvalue weighted by Gasteiger charge is 2.06. The number of nitrogens with zero attached hydrogens (tertiary/aromatic N) is 3. The Labute approximate surface area is 93.5 Å². The molecule has 0 aliphatic carbocycles. The van der Waals surface area contributed by atoms with Crippen LogP contribution in [0.15, 0.2) is 42.2 Å². The van der Waals surface area contributed by atoms with Gasteiger partial charge >= 0.3 is 0 Å². The Morgan fingerprint density at radius 3 is 2.25 bits per heavy atom. The van der Waals surface area contributed by atoms with E-state index in [1.807, 2.05) is 37.3 Å². The fourth-order valence-electron chi connectivity index (χ4n) is 1.46. The van der Waals surface area contributed by atoms with Crippen LogP contribution < -0.4 is 0 Å². The molecule has 1 N–H and O–H groups in total. The predicted molar refractivity (Wildman–Crippen MR) is 63.9 cm³/mol. The molecule has 16 heavy (non-hydrogen) atoms. The first-order valence-corrected chi connectivity index (χ1v) is 5.07. The summed E-state index contributed by atoms with van der Waals surface area (Å²) in [6.45, 7) is 3.50. The first-order chi connectivity index (χ1) is 7.72. The van der Waals surface area contributed by atoms with Crippen molar-refractivity contribution in [1.29, 1.82) is 0 Å². The molecule has 0 bridgehead atoms. The van der Waals surface area contributed by atoms with E-state index in [1.165, 1.54) is 4.80 Å². The summed E-state index contributed by atoms with van der Waals surface area (Å²) >= 11 is 0. The molecule has 0 saturated carbocycles. The van der Waals surface area contributed by atoms with Crippen molar-refractivity contribution < 1.29 is 5.11 Å². The van der Waals surface area contributed by atoms with Gasteiger partial charge in [0.05, 0.1) is 0 Å². The Hall–Kier alpha value is -2.10. The topological polar surface area (TPSA) is 50.9 Å². The molecular formula is C12H13N3O. The van der Waals surface area contributed by atoms with Gasteiger partial charge < -0.3 is 5.11 Å². The molecule has 2 aromatic rings. The van der Waals surface area contributed by atoms with Crippen LogP contribution in [0.4, 0.5) is 0 Å². The van der Waals surface area contributed by atoms with Crippen LogP contribution in [0, 0.1) is 0 Å². The smallest absolute Gasteiger partial charge is 0.122 e. The molecule has 2 rings (SSSR count). The van der Waals surface area contributed by atoms with Gasteiger partial charge in [0.1, 0.15) is 22.5 Å². The van der Waals surface area contributed by atoms with Gasteiger partial charge in [0.25, 0.3) is 0 Å². The zero-order valence-corrected chi connectivity index (χ0v) is 9.25. The fourth-order valence-corrected chi connectivity index (χ4v) is 1.46. The van der Waals surface area contributed by atoms with Crippen LogP contribution in [0.25, 0.3) is 16.7 Å². The first kappa shape index (κ1) is 10.4. The van der Waals surface area contributed by atoms with Crippen LogP contribution in [0.1, 0.15) is 13.8 Å². The number of aromatic nitrogens is 3. The second-order valence-corrected chi connectivity index (χ2v) is 3.45. The number of aliphatic hydroxyl groups excluding tert-OH is 1. The molecule has 0 fully saturated rings. The molecule has 82 valence electrons. The Morgan fingerprint density at radius 2 is 1.81 bits per heavy atom. The van der Waals surface area contributed by atoms with E-state index >= 15 is 0 Å². The summed E-state index contributed by atoms with van der Waals surface area (Å²) in [6, 6.07) is 7.59. The molecule has 4 nitrogen and oxygen atoms in total. The van der Waals surface area contributed by atoms with E-state index in [4.69, 9.17) is 0 Å². The second-order valence-electron chi connectivity index (χ2n) is 3.45. The molecule has 1 aromatic heterocycles. The Balaban J connectivity index is 2.58. The van der Waals surface area contributed by atoms with Gasteiger partial charge in [-0.15, -0.1) is 15.0 Å². The molecule has 0 amide bonds. The van der Waals surface area contributed by atoms with Crippen LogP contribution in [-0.2, 0) is 0 Å². The molecule has 0 unspecified atom stereocenters. The predicted octanol–water partition coefficient (Wildman–Crippen LogP) is 2.75. The average Bonchev–Trinajstić information content (AvgIpc) is 2.68. The standard InChI is InChI=1S/C12H13N3O/c1-3-6-12(9(2)16)15-13-10-7-4-5-8-11(10)14-15/h3-8,16H,1-2H3/b6-3-,12-9-. The van der Waals surface area contributed by atoms with Crippen molar-refractivity contribution in [2.24, 2.45) is 0 Å². The number of allylic oxidation sites excluding steroid dienone is 4. The van der Waals surface area contributed by atoms with Crippen LogP contribution in [0.2, 0.25) is 0 Å². The first-order valence-electron chi connectivity index (χ1n) is 5.07. The SMILES string of the molecule is C/C=C\C(=C(/C)O)n1nc2ccccc2n1. The van der Waals surface area contributed by atoms with Crippen LogP contribution in [0.3, 0.4) is 0 Å². The molecule has 0 radical (unpaired) electrons. The van der Waals surface area contributed by atoms with E-state index in [0.717, 1.165) is 11.0 Å². The minimum absolute atomic E-state index is 0.193. The summed E-state index contributed by atoms with van der Waals surface area (Å²) in [5.74, 6) is 0.193. The quantitative estimate of drug-likeness (QED) is 0.619. The van der Waals surface area contributed by atoms with Gasteiger partial charge in [-0.1, -0.05) is 18.2 Å². The summed E-state index contributed by atoms with van der Waals surface area (Å²) in [7, 11) is 0.